The van der Waals surface area contributed by atoms with E-state index in [1.807, 2.05) is 30.3 Å². The van der Waals surface area contributed by atoms with Crippen LogP contribution in [-0.2, 0) is 16.1 Å². The van der Waals surface area contributed by atoms with Crippen molar-refractivity contribution in [3.63, 3.8) is 0 Å². The Kier molecular flexibility index (Phi) is 8.19. The lowest BCUT2D eigenvalue weighted by Gasteiger charge is -2.44. The third-order valence-electron chi connectivity index (χ3n) is 5.27. The highest BCUT2D eigenvalue weighted by Gasteiger charge is 2.27. The largest absolute Gasteiger partial charge is 0.759 e. The molecule has 1 aliphatic rings. The first-order valence-corrected chi connectivity index (χ1v) is 11.4. The Morgan fingerprint density at radius 1 is 1.12 bits per heavy atom. The molecule has 0 bridgehead atoms. The number of anilines is 1. The van der Waals surface area contributed by atoms with Crippen molar-refractivity contribution in [2.75, 3.05) is 31.1 Å². The van der Waals surface area contributed by atoms with E-state index in [2.05, 4.69) is 16.7 Å². The second-order valence-corrected chi connectivity index (χ2v) is 8.46. The van der Waals surface area contributed by atoms with E-state index in [0.717, 1.165) is 15.7 Å². The van der Waals surface area contributed by atoms with Gasteiger partial charge in [-0.25, -0.2) is 5.01 Å². The number of piperazine rings is 1. The van der Waals surface area contributed by atoms with E-state index in [-0.39, 0.29) is 6.42 Å². The summed E-state index contributed by atoms with van der Waals surface area (Å²) in [5.41, 5.74) is 8.21. The van der Waals surface area contributed by atoms with E-state index in [9.17, 15) is 18.4 Å². The Morgan fingerprint density at radius 3 is 2.33 bits per heavy atom. The van der Waals surface area contributed by atoms with Crippen LogP contribution in [0.5, 0.6) is 0 Å². The van der Waals surface area contributed by atoms with Crippen molar-refractivity contribution in [2.24, 2.45) is 5.73 Å². The molecule has 9 nitrogen and oxygen atoms in total. The average Bonchev–Trinajstić information content (AvgIpc) is 2.78. The molecule has 1 amide bonds. The third-order valence-corrected chi connectivity index (χ3v) is 6.16. The highest BCUT2D eigenvalue weighted by atomic mass is 32.2. The molecule has 3 N–H and O–H groups in total. The molecule has 0 aromatic heterocycles. The zero-order chi connectivity index (χ0) is 24.0. The Morgan fingerprint density at radius 2 is 1.76 bits per heavy atom. The van der Waals surface area contributed by atoms with E-state index in [4.69, 9.17) is 10.8 Å². The van der Waals surface area contributed by atoms with E-state index in [0.29, 0.717) is 37.3 Å². The van der Waals surface area contributed by atoms with Gasteiger partial charge in [0.1, 0.15) is 0 Å². The summed E-state index contributed by atoms with van der Waals surface area (Å²) in [6.07, 6.45) is -0.260. The fraction of sp³-hybridized carbons (Fsp3) is 0.304. The van der Waals surface area contributed by atoms with Gasteiger partial charge in [-0.3, -0.25) is 13.8 Å². The van der Waals surface area contributed by atoms with E-state index in [1.165, 1.54) is 0 Å². The second kappa shape index (κ2) is 11.1. The van der Waals surface area contributed by atoms with E-state index < -0.39 is 29.2 Å². The number of carbonyl (C=O) groups excluding carboxylic acids is 1. The minimum Gasteiger partial charge on any atom is -0.759 e. The van der Waals surface area contributed by atoms with Crippen LogP contribution in [0.25, 0.3) is 0 Å². The number of rotatable bonds is 7. The molecule has 1 fully saturated rings. The number of hydrogen-bond donors (Lipinski definition) is 2. The van der Waals surface area contributed by atoms with Crippen LogP contribution in [0.4, 0.5) is 5.69 Å². The van der Waals surface area contributed by atoms with Crippen molar-refractivity contribution >= 4 is 28.8 Å². The number of hydrogen-bond acceptors (Lipinski definition) is 6. The van der Waals surface area contributed by atoms with Gasteiger partial charge in [0.15, 0.2) is 0 Å². The maximum atomic E-state index is 11.7. The summed E-state index contributed by atoms with van der Waals surface area (Å²) in [6.45, 7) is 3.68. The van der Waals surface area contributed by atoms with Crippen LogP contribution in [0, 0.1) is 11.8 Å². The molecule has 1 heterocycles. The smallest absolute Gasteiger partial charge is 0.305 e. The summed E-state index contributed by atoms with van der Waals surface area (Å²) in [6, 6.07) is 13.9. The number of benzene rings is 2. The fourth-order valence-corrected chi connectivity index (χ4v) is 4.37. The predicted octanol–water partition coefficient (Wildman–Crippen LogP) is 1.18. The van der Waals surface area contributed by atoms with Gasteiger partial charge in [-0.05, 0) is 49.4 Å². The summed E-state index contributed by atoms with van der Waals surface area (Å²) in [4.78, 5) is 24.4. The summed E-state index contributed by atoms with van der Waals surface area (Å²) < 4.78 is 24.5. The Bertz CT molecular complexity index is 1090. The third kappa shape index (κ3) is 6.63. The molecule has 0 aliphatic carbocycles. The zero-order valence-electron chi connectivity index (χ0n) is 18.1. The maximum Gasteiger partial charge on any atom is 0.305 e. The number of carbonyl (C=O) groups is 2. The van der Waals surface area contributed by atoms with Gasteiger partial charge in [0.25, 0.3) is 0 Å². The number of nitrogens with two attached hydrogens (primary N) is 1. The molecule has 1 saturated heterocycles. The molecule has 0 spiro atoms. The molecule has 33 heavy (non-hydrogen) atoms. The van der Waals surface area contributed by atoms with Crippen molar-refractivity contribution in [1.29, 1.82) is 0 Å². The van der Waals surface area contributed by atoms with Crippen molar-refractivity contribution < 1.29 is 23.5 Å². The van der Waals surface area contributed by atoms with Gasteiger partial charge in [-0.2, -0.15) is 4.41 Å². The van der Waals surface area contributed by atoms with Crippen molar-refractivity contribution in [2.45, 2.75) is 19.4 Å². The molecule has 2 aromatic carbocycles. The minimum atomic E-state index is -2.54. The SMILES string of the molecule is CC(CC(=O)O)N(N1CCN(c2ccc(C#Cc3cccc(C(N)=O)c3)cc2)CC1)S(=O)[O-]. The first-order valence-electron chi connectivity index (χ1n) is 10.4. The number of amides is 1. The monoisotopic (exact) mass is 469 g/mol. The van der Waals surface area contributed by atoms with Crippen molar-refractivity contribution in [3.05, 3.63) is 65.2 Å². The molecule has 174 valence electrons. The van der Waals surface area contributed by atoms with Crippen LogP contribution in [0.2, 0.25) is 0 Å². The molecule has 1 aliphatic heterocycles. The van der Waals surface area contributed by atoms with Crippen LogP contribution < -0.4 is 10.6 Å². The van der Waals surface area contributed by atoms with Crippen LogP contribution in [0.3, 0.4) is 0 Å². The molecule has 0 radical (unpaired) electrons. The van der Waals surface area contributed by atoms with Crippen LogP contribution >= 0.6 is 0 Å². The molecule has 2 unspecified atom stereocenters. The number of carboxylic acids is 1. The molecular weight excluding hydrogens is 444 g/mol. The van der Waals surface area contributed by atoms with Gasteiger partial charge in [0, 0.05) is 65.9 Å². The molecule has 0 saturated carbocycles. The highest BCUT2D eigenvalue weighted by molar-refractivity contribution is 7.76. The number of aliphatic carboxylic acids is 1. The Hall–Kier alpha value is -3.23. The van der Waals surface area contributed by atoms with Gasteiger partial charge in [-0.1, -0.05) is 17.9 Å². The minimum absolute atomic E-state index is 0.260. The lowest BCUT2D eigenvalue weighted by Crippen LogP contribution is -2.57. The van der Waals surface area contributed by atoms with Crippen LogP contribution in [0.15, 0.2) is 48.5 Å². The van der Waals surface area contributed by atoms with Crippen molar-refractivity contribution in [1.82, 2.24) is 9.42 Å². The van der Waals surface area contributed by atoms with Gasteiger partial charge < -0.3 is 20.3 Å². The molecule has 3 rings (SSSR count). The molecule has 10 heteroatoms. The standard InChI is InChI=1S/C23H26N4O5S/c1-17(15-22(28)29)27(33(31)32)26-13-11-25(12-14-26)21-9-7-18(8-10-21)5-6-19-3-2-4-20(16-19)23(24)30/h2-4,7-10,16-17H,11-15H2,1H3,(H2,24,30)(H,28,29)(H,31,32)/p-1. The molecular formula is C23H25N4O5S-. The van der Waals surface area contributed by atoms with Crippen molar-refractivity contribution in [3.8, 4) is 11.8 Å². The lowest BCUT2D eigenvalue weighted by atomic mass is 10.1. The highest BCUT2D eigenvalue weighted by Crippen LogP contribution is 2.20. The summed E-state index contributed by atoms with van der Waals surface area (Å²) in [5.74, 6) is 4.55. The maximum absolute atomic E-state index is 11.7. The lowest BCUT2D eigenvalue weighted by molar-refractivity contribution is -0.139. The summed E-state index contributed by atoms with van der Waals surface area (Å²) in [7, 11) is 0. The van der Waals surface area contributed by atoms with Gasteiger partial charge in [0.2, 0.25) is 5.91 Å². The number of carboxylic acid groups (broad SMARTS) is 1. The average molecular weight is 470 g/mol. The summed E-state index contributed by atoms with van der Waals surface area (Å²) >= 11 is -2.54. The summed E-state index contributed by atoms with van der Waals surface area (Å²) in [5, 5.41) is 10.7. The number of nitrogens with zero attached hydrogens (tertiary/aromatic N) is 3. The van der Waals surface area contributed by atoms with Crippen LogP contribution in [-0.4, -0.2) is 67.4 Å². The first kappa shape index (κ1) is 24.4. The zero-order valence-corrected chi connectivity index (χ0v) is 19.0. The Labute approximate surface area is 195 Å². The van der Waals surface area contributed by atoms with Gasteiger partial charge in [0.05, 0.1) is 6.42 Å². The first-order chi connectivity index (χ1) is 15.7. The molecule has 2 atom stereocenters. The fourth-order valence-electron chi connectivity index (χ4n) is 3.65. The van der Waals surface area contributed by atoms with E-state index >= 15 is 0 Å². The second-order valence-electron chi connectivity index (χ2n) is 7.65. The Balaban J connectivity index is 1.62. The van der Waals surface area contributed by atoms with E-state index in [1.54, 1.807) is 30.1 Å². The normalized spacial score (nSPS) is 16.0. The predicted molar refractivity (Wildman–Crippen MR) is 124 cm³/mol. The number of hydrazine groups is 1. The van der Waals surface area contributed by atoms with Gasteiger partial charge >= 0.3 is 5.97 Å². The molecule has 2 aromatic rings. The van der Waals surface area contributed by atoms with Gasteiger partial charge in [-0.15, -0.1) is 0 Å². The number of primary amides is 1. The topological polar surface area (TPSA) is 130 Å². The quantitative estimate of drug-likeness (QED) is 0.460. The van der Waals surface area contributed by atoms with Crippen LogP contribution in [0.1, 0.15) is 34.8 Å².